The number of hydrogen-bond acceptors (Lipinski definition) is 1. The van der Waals surface area contributed by atoms with Gasteiger partial charge in [0, 0.05) is 10.6 Å². The number of rotatable bonds is 2. The normalized spacial score (nSPS) is 21.5. The van der Waals surface area contributed by atoms with Gasteiger partial charge in [-0.25, -0.2) is 0 Å². The molecule has 15 heavy (non-hydrogen) atoms. The molecule has 1 aromatic rings. The number of nitrogens with two attached hydrogens (primary N) is 1. The van der Waals surface area contributed by atoms with Crippen LogP contribution in [0.2, 0.25) is 5.02 Å². The van der Waals surface area contributed by atoms with Crippen molar-refractivity contribution in [2.45, 2.75) is 44.1 Å². The second-order valence-electron chi connectivity index (χ2n) is 5.10. The number of fused-ring (bicyclic) bond motifs is 1. The Hall–Kier alpha value is -0.530. The third-order valence-corrected chi connectivity index (χ3v) is 3.93. The molecular weight excluding hydrogens is 206 g/mol. The number of aryl methyl sites for hydroxylation is 1. The van der Waals surface area contributed by atoms with E-state index in [0.717, 1.165) is 11.4 Å². The third kappa shape index (κ3) is 1.79. The molecule has 1 saturated carbocycles. The highest BCUT2D eigenvalue weighted by Gasteiger charge is 2.38. The average molecular weight is 222 g/mol. The summed E-state index contributed by atoms with van der Waals surface area (Å²) in [5, 5.41) is 0.884. The molecule has 0 aliphatic heterocycles. The van der Waals surface area contributed by atoms with Crippen LogP contribution < -0.4 is 5.73 Å². The van der Waals surface area contributed by atoms with E-state index in [1.807, 2.05) is 0 Å². The summed E-state index contributed by atoms with van der Waals surface area (Å²) in [5.41, 5.74) is 10.7. The van der Waals surface area contributed by atoms with Gasteiger partial charge < -0.3 is 5.73 Å². The highest BCUT2D eigenvalue weighted by molar-refractivity contribution is 6.30. The highest BCUT2D eigenvalue weighted by Crippen LogP contribution is 2.39. The molecule has 3 rings (SSSR count). The summed E-state index contributed by atoms with van der Waals surface area (Å²) in [5.74, 6) is 0. The fourth-order valence-corrected chi connectivity index (χ4v) is 2.89. The van der Waals surface area contributed by atoms with Crippen molar-refractivity contribution in [3.8, 4) is 0 Å². The van der Waals surface area contributed by atoms with Crippen LogP contribution in [0.25, 0.3) is 0 Å². The quantitative estimate of drug-likeness (QED) is 0.817. The molecule has 0 saturated heterocycles. The van der Waals surface area contributed by atoms with Gasteiger partial charge in [-0.3, -0.25) is 0 Å². The Morgan fingerprint density at radius 3 is 2.80 bits per heavy atom. The monoisotopic (exact) mass is 221 g/mol. The Labute approximate surface area is 95.6 Å². The van der Waals surface area contributed by atoms with Crippen LogP contribution in [0.4, 0.5) is 0 Å². The van der Waals surface area contributed by atoms with Gasteiger partial charge in [-0.1, -0.05) is 11.6 Å². The largest absolute Gasteiger partial charge is 0.325 e. The van der Waals surface area contributed by atoms with E-state index in [0.29, 0.717) is 0 Å². The van der Waals surface area contributed by atoms with E-state index in [1.54, 1.807) is 0 Å². The lowest BCUT2D eigenvalue weighted by Gasteiger charge is -2.13. The molecule has 1 fully saturated rings. The zero-order chi connectivity index (χ0) is 10.5. The van der Waals surface area contributed by atoms with Crippen LogP contribution in [-0.4, -0.2) is 5.54 Å². The SMILES string of the molecule is NC1(Cc2cc(Cl)cc3c2CCC3)CC1. The fraction of sp³-hybridized carbons (Fsp3) is 0.538. The van der Waals surface area contributed by atoms with E-state index in [4.69, 9.17) is 17.3 Å². The van der Waals surface area contributed by atoms with Gasteiger partial charge in [0.2, 0.25) is 0 Å². The van der Waals surface area contributed by atoms with Gasteiger partial charge in [-0.2, -0.15) is 0 Å². The molecule has 2 aliphatic rings. The number of benzene rings is 1. The minimum atomic E-state index is 0.0983. The molecular formula is C13H16ClN. The van der Waals surface area contributed by atoms with Crippen LogP contribution in [-0.2, 0) is 19.3 Å². The predicted molar refractivity (Wildman–Crippen MR) is 63.3 cm³/mol. The maximum Gasteiger partial charge on any atom is 0.0411 e. The molecule has 0 amide bonds. The Kier molecular flexibility index (Phi) is 2.08. The van der Waals surface area contributed by atoms with Crippen LogP contribution in [0.1, 0.15) is 36.0 Å². The first kappa shape index (κ1) is 9.68. The van der Waals surface area contributed by atoms with Crippen molar-refractivity contribution in [2.75, 3.05) is 0 Å². The minimum absolute atomic E-state index is 0.0983. The molecule has 0 atom stereocenters. The van der Waals surface area contributed by atoms with Gasteiger partial charge in [0.05, 0.1) is 0 Å². The van der Waals surface area contributed by atoms with E-state index >= 15 is 0 Å². The molecule has 0 bridgehead atoms. The lowest BCUT2D eigenvalue weighted by atomic mass is 9.97. The lowest BCUT2D eigenvalue weighted by molar-refractivity contribution is 0.668. The van der Waals surface area contributed by atoms with Crippen LogP contribution in [0.5, 0.6) is 0 Å². The first-order valence-electron chi connectivity index (χ1n) is 5.75. The first-order valence-corrected chi connectivity index (χ1v) is 6.13. The summed E-state index contributed by atoms with van der Waals surface area (Å²) in [7, 11) is 0. The second kappa shape index (κ2) is 3.23. The molecule has 80 valence electrons. The topological polar surface area (TPSA) is 26.0 Å². The molecule has 2 aliphatic carbocycles. The van der Waals surface area contributed by atoms with Crippen LogP contribution in [0.3, 0.4) is 0 Å². The van der Waals surface area contributed by atoms with Crippen LogP contribution in [0.15, 0.2) is 12.1 Å². The van der Waals surface area contributed by atoms with E-state index in [2.05, 4.69) is 12.1 Å². The maximum atomic E-state index is 6.18. The summed E-state index contributed by atoms with van der Waals surface area (Å²) in [6.07, 6.45) is 7.07. The summed E-state index contributed by atoms with van der Waals surface area (Å²) in [6, 6.07) is 4.25. The summed E-state index contributed by atoms with van der Waals surface area (Å²) < 4.78 is 0. The number of halogens is 1. The van der Waals surface area contributed by atoms with Gasteiger partial charge >= 0.3 is 0 Å². The van der Waals surface area contributed by atoms with E-state index in [1.165, 1.54) is 48.8 Å². The minimum Gasteiger partial charge on any atom is -0.325 e. The Morgan fingerprint density at radius 2 is 2.07 bits per heavy atom. The Bertz CT molecular complexity index is 407. The van der Waals surface area contributed by atoms with Crippen molar-refractivity contribution in [1.82, 2.24) is 0 Å². The van der Waals surface area contributed by atoms with Gasteiger partial charge in [0.15, 0.2) is 0 Å². The van der Waals surface area contributed by atoms with Crippen molar-refractivity contribution in [1.29, 1.82) is 0 Å². The highest BCUT2D eigenvalue weighted by atomic mass is 35.5. The third-order valence-electron chi connectivity index (χ3n) is 3.71. The summed E-state index contributed by atoms with van der Waals surface area (Å²) >= 11 is 6.14. The molecule has 0 radical (unpaired) electrons. The van der Waals surface area contributed by atoms with Crippen molar-refractivity contribution in [2.24, 2.45) is 5.73 Å². The molecule has 1 nitrogen and oxygen atoms in total. The molecule has 0 unspecified atom stereocenters. The van der Waals surface area contributed by atoms with Gasteiger partial charge in [-0.05, 0) is 67.3 Å². The molecule has 0 heterocycles. The van der Waals surface area contributed by atoms with E-state index < -0.39 is 0 Å². The summed E-state index contributed by atoms with van der Waals surface area (Å²) in [6.45, 7) is 0. The first-order chi connectivity index (χ1) is 7.16. The van der Waals surface area contributed by atoms with Crippen LogP contribution >= 0.6 is 11.6 Å². The zero-order valence-electron chi connectivity index (χ0n) is 8.85. The average Bonchev–Trinajstić information content (AvgIpc) is 2.73. The van der Waals surface area contributed by atoms with Gasteiger partial charge in [0.25, 0.3) is 0 Å². The molecule has 2 N–H and O–H groups in total. The van der Waals surface area contributed by atoms with Gasteiger partial charge in [0.1, 0.15) is 0 Å². The molecule has 0 aromatic heterocycles. The van der Waals surface area contributed by atoms with Crippen molar-refractivity contribution in [3.05, 3.63) is 33.8 Å². The molecule has 0 spiro atoms. The predicted octanol–water partition coefficient (Wildman–Crippen LogP) is 2.86. The van der Waals surface area contributed by atoms with Crippen molar-refractivity contribution >= 4 is 11.6 Å². The van der Waals surface area contributed by atoms with Crippen LogP contribution in [0, 0.1) is 0 Å². The second-order valence-corrected chi connectivity index (χ2v) is 5.53. The van der Waals surface area contributed by atoms with Gasteiger partial charge in [-0.15, -0.1) is 0 Å². The fourth-order valence-electron chi connectivity index (χ4n) is 2.63. The molecule has 2 heteroatoms. The lowest BCUT2D eigenvalue weighted by Crippen LogP contribution is -2.25. The maximum absolute atomic E-state index is 6.18. The van der Waals surface area contributed by atoms with Crippen molar-refractivity contribution < 1.29 is 0 Å². The zero-order valence-corrected chi connectivity index (χ0v) is 9.61. The Morgan fingerprint density at radius 1 is 1.27 bits per heavy atom. The smallest absolute Gasteiger partial charge is 0.0411 e. The van der Waals surface area contributed by atoms with Crippen molar-refractivity contribution in [3.63, 3.8) is 0 Å². The standard InChI is InChI=1S/C13H16ClN/c14-11-6-9-2-1-3-12(9)10(7-11)8-13(15)4-5-13/h6-7H,1-5,8,15H2. The number of hydrogen-bond donors (Lipinski definition) is 1. The van der Waals surface area contributed by atoms with E-state index in [-0.39, 0.29) is 5.54 Å². The summed E-state index contributed by atoms with van der Waals surface area (Å²) in [4.78, 5) is 0. The molecule has 1 aromatic carbocycles. The Balaban J connectivity index is 1.99. The van der Waals surface area contributed by atoms with E-state index in [9.17, 15) is 0 Å².